The number of nitrogens with one attached hydrogen (secondary N) is 1. The van der Waals surface area contributed by atoms with Crippen molar-refractivity contribution in [3.63, 3.8) is 0 Å². The predicted molar refractivity (Wildman–Crippen MR) is 113 cm³/mol. The van der Waals surface area contributed by atoms with E-state index in [0.29, 0.717) is 23.5 Å². The molecule has 0 atom stereocenters. The number of aliphatic imine (C=N–C) groups is 1. The monoisotopic (exact) mass is 396 g/mol. The Hall–Kier alpha value is -2.74. The van der Waals surface area contributed by atoms with Gasteiger partial charge in [-0.25, -0.2) is 9.98 Å². The van der Waals surface area contributed by atoms with Gasteiger partial charge in [0.25, 0.3) is 5.91 Å². The summed E-state index contributed by atoms with van der Waals surface area (Å²) in [6, 6.07) is 0. The number of nitrogens with zero attached hydrogens (tertiary/aromatic N) is 4. The van der Waals surface area contributed by atoms with Crippen LogP contribution in [0.1, 0.15) is 46.1 Å². The highest BCUT2D eigenvalue weighted by molar-refractivity contribution is 7.15. The number of hydrogen-bond donors (Lipinski definition) is 2. The van der Waals surface area contributed by atoms with Crippen LogP contribution in [-0.4, -0.2) is 52.4 Å². The number of thiazole rings is 1. The first kappa shape index (κ1) is 18.6. The van der Waals surface area contributed by atoms with E-state index in [1.165, 1.54) is 36.8 Å². The van der Waals surface area contributed by atoms with Crippen LogP contribution in [-0.2, 0) is 6.42 Å². The minimum Gasteiger partial charge on any atom is -0.403 e. The van der Waals surface area contributed by atoms with Gasteiger partial charge in [0.15, 0.2) is 0 Å². The molecule has 0 radical (unpaired) electrons. The lowest BCUT2D eigenvalue weighted by Gasteiger charge is -2.29. The standard InChI is InChI=1S/C20H24N6OS/c21-11-15(12-22)26-10-7-16-18(20(26)27)28-19(24-16)14-5-4-6-17(23-13-14)25-8-2-1-3-9-25/h4-5,11-13,21H,1-3,6-10,22H2/b15-12+,21-11?. The summed E-state index contributed by atoms with van der Waals surface area (Å²) in [5.74, 6) is 0.971. The summed E-state index contributed by atoms with van der Waals surface area (Å²) in [4.78, 5) is 26.8. The van der Waals surface area contributed by atoms with E-state index in [4.69, 9.17) is 21.1 Å². The van der Waals surface area contributed by atoms with Crippen LogP contribution in [0.15, 0.2) is 35.2 Å². The number of carbonyl (C=O) groups excluding carboxylic acids is 1. The first-order valence-corrected chi connectivity index (χ1v) is 10.5. The fourth-order valence-electron chi connectivity index (χ4n) is 3.74. The number of amidine groups is 1. The highest BCUT2D eigenvalue weighted by atomic mass is 32.1. The van der Waals surface area contributed by atoms with Gasteiger partial charge in [-0.3, -0.25) is 4.79 Å². The van der Waals surface area contributed by atoms with Crippen LogP contribution in [0.4, 0.5) is 0 Å². The Bertz CT molecular complexity index is 904. The molecule has 3 aliphatic heterocycles. The van der Waals surface area contributed by atoms with E-state index in [0.717, 1.165) is 47.8 Å². The summed E-state index contributed by atoms with van der Waals surface area (Å²) < 4.78 is 0. The topological polar surface area (TPSA) is 98.7 Å². The maximum atomic E-state index is 12.8. The molecule has 1 fully saturated rings. The number of hydrogen-bond acceptors (Lipinski definition) is 7. The van der Waals surface area contributed by atoms with Crippen LogP contribution in [0, 0.1) is 5.41 Å². The third-order valence-corrected chi connectivity index (χ3v) is 6.39. The van der Waals surface area contributed by atoms with E-state index >= 15 is 0 Å². The molecule has 8 heteroatoms. The predicted octanol–water partition coefficient (Wildman–Crippen LogP) is 2.78. The van der Waals surface area contributed by atoms with E-state index in [2.05, 4.69) is 17.1 Å². The fourth-order valence-corrected chi connectivity index (χ4v) is 4.79. The SMILES string of the molecule is N=C/C(=C\N)N1CCc2nc(C3=CN=C(N4CCCCC4)CC=C3)sc2C1=O. The molecule has 0 saturated carbocycles. The van der Waals surface area contributed by atoms with Crippen LogP contribution in [0.2, 0.25) is 0 Å². The van der Waals surface area contributed by atoms with Gasteiger partial charge in [0, 0.05) is 56.7 Å². The number of piperidine rings is 1. The zero-order valence-corrected chi connectivity index (χ0v) is 16.5. The Morgan fingerprint density at radius 1 is 1.25 bits per heavy atom. The third-order valence-electron chi connectivity index (χ3n) is 5.26. The van der Waals surface area contributed by atoms with Gasteiger partial charge in [0.05, 0.1) is 11.4 Å². The summed E-state index contributed by atoms with van der Waals surface area (Å²) >= 11 is 1.39. The van der Waals surface area contributed by atoms with Crippen molar-refractivity contribution in [3.8, 4) is 0 Å². The second-order valence-electron chi connectivity index (χ2n) is 7.02. The molecule has 28 heavy (non-hydrogen) atoms. The largest absolute Gasteiger partial charge is 0.403 e. The molecule has 146 valence electrons. The molecular formula is C20H24N6OS. The second-order valence-corrected chi connectivity index (χ2v) is 8.02. The fraction of sp³-hybridized carbons (Fsp3) is 0.400. The van der Waals surface area contributed by atoms with Gasteiger partial charge in [0.2, 0.25) is 0 Å². The van der Waals surface area contributed by atoms with Crippen molar-refractivity contribution in [2.24, 2.45) is 10.7 Å². The van der Waals surface area contributed by atoms with Crippen molar-refractivity contribution in [3.05, 3.63) is 45.8 Å². The minimum atomic E-state index is -0.138. The highest BCUT2D eigenvalue weighted by Gasteiger charge is 2.30. The molecule has 7 nitrogen and oxygen atoms in total. The van der Waals surface area contributed by atoms with Gasteiger partial charge in [-0.05, 0) is 19.3 Å². The average molecular weight is 397 g/mol. The molecule has 1 aromatic rings. The van der Waals surface area contributed by atoms with Gasteiger partial charge in [-0.1, -0.05) is 12.2 Å². The van der Waals surface area contributed by atoms with Gasteiger partial charge < -0.3 is 20.9 Å². The van der Waals surface area contributed by atoms with E-state index in [9.17, 15) is 4.79 Å². The van der Waals surface area contributed by atoms with Crippen molar-refractivity contribution in [2.45, 2.75) is 32.1 Å². The van der Waals surface area contributed by atoms with E-state index < -0.39 is 0 Å². The van der Waals surface area contributed by atoms with Crippen molar-refractivity contribution >= 4 is 34.9 Å². The summed E-state index contributed by atoms with van der Waals surface area (Å²) in [5.41, 5.74) is 7.72. The van der Waals surface area contributed by atoms with Gasteiger partial charge in [0.1, 0.15) is 15.7 Å². The number of fused-ring (bicyclic) bond motifs is 1. The van der Waals surface area contributed by atoms with Gasteiger partial charge in [-0.2, -0.15) is 0 Å². The lowest BCUT2D eigenvalue weighted by atomic mass is 10.1. The summed E-state index contributed by atoms with van der Waals surface area (Å²) in [5, 5.41) is 8.26. The van der Waals surface area contributed by atoms with E-state index in [1.807, 2.05) is 6.20 Å². The maximum absolute atomic E-state index is 12.8. The Kier molecular flexibility index (Phi) is 5.38. The Morgan fingerprint density at radius 2 is 2.07 bits per heavy atom. The Balaban J connectivity index is 1.59. The maximum Gasteiger partial charge on any atom is 0.270 e. The first-order valence-electron chi connectivity index (χ1n) is 9.64. The van der Waals surface area contributed by atoms with Crippen LogP contribution in [0.25, 0.3) is 5.57 Å². The molecule has 3 N–H and O–H groups in total. The van der Waals surface area contributed by atoms with E-state index in [1.54, 1.807) is 4.90 Å². The smallest absolute Gasteiger partial charge is 0.270 e. The number of carbonyl (C=O) groups is 1. The zero-order valence-electron chi connectivity index (χ0n) is 15.7. The molecule has 3 aliphatic rings. The van der Waals surface area contributed by atoms with Crippen molar-refractivity contribution in [1.29, 1.82) is 5.41 Å². The van der Waals surface area contributed by atoms with Crippen molar-refractivity contribution in [1.82, 2.24) is 14.8 Å². The molecule has 0 unspecified atom stereocenters. The summed E-state index contributed by atoms with van der Waals surface area (Å²) in [6.45, 7) is 2.64. The lowest BCUT2D eigenvalue weighted by Crippen LogP contribution is -2.37. The molecule has 1 aromatic heterocycles. The molecule has 0 aromatic carbocycles. The highest BCUT2D eigenvalue weighted by Crippen LogP contribution is 2.31. The number of aromatic nitrogens is 1. The van der Waals surface area contributed by atoms with Crippen LogP contribution in [0.5, 0.6) is 0 Å². The zero-order chi connectivity index (χ0) is 19.5. The van der Waals surface area contributed by atoms with Gasteiger partial charge >= 0.3 is 0 Å². The third kappa shape index (κ3) is 3.52. The second kappa shape index (κ2) is 8.10. The normalized spacial score (nSPS) is 20.4. The number of likely N-dealkylation sites (tertiary alicyclic amines) is 1. The van der Waals surface area contributed by atoms with Crippen LogP contribution >= 0.6 is 11.3 Å². The molecule has 1 saturated heterocycles. The Labute approximate surface area is 168 Å². The van der Waals surface area contributed by atoms with Gasteiger partial charge in [-0.15, -0.1) is 11.3 Å². The number of allylic oxidation sites excluding steroid dienone is 3. The molecular weight excluding hydrogens is 372 g/mol. The Morgan fingerprint density at radius 3 is 2.82 bits per heavy atom. The summed E-state index contributed by atoms with van der Waals surface area (Å²) in [7, 11) is 0. The first-order chi connectivity index (χ1) is 13.7. The number of nitrogens with two attached hydrogens (primary N) is 1. The lowest BCUT2D eigenvalue weighted by molar-refractivity contribution is 0.0805. The van der Waals surface area contributed by atoms with Crippen molar-refractivity contribution < 1.29 is 4.79 Å². The number of rotatable bonds is 3. The van der Waals surface area contributed by atoms with Crippen LogP contribution in [0.3, 0.4) is 0 Å². The molecule has 4 heterocycles. The quantitative estimate of drug-likeness (QED) is 0.768. The minimum absolute atomic E-state index is 0.138. The van der Waals surface area contributed by atoms with E-state index in [-0.39, 0.29) is 5.91 Å². The van der Waals surface area contributed by atoms with Crippen LogP contribution < -0.4 is 5.73 Å². The molecule has 1 amide bonds. The molecule has 0 bridgehead atoms. The molecule has 4 rings (SSSR count). The molecule has 0 spiro atoms. The summed E-state index contributed by atoms with van der Waals surface area (Å²) in [6.07, 6.45) is 13.7. The molecule has 0 aliphatic carbocycles. The van der Waals surface area contributed by atoms with Crippen molar-refractivity contribution in [2.75, 3.05) is 19.6 Å². The average Bonchev–Trinajstić information content (AvgIpc) is 3.02. The number of amides is 1.